The molecule has 0 aliphatic carbocycles. The second-order valence-electron chi connectivity index (χ2n) is 4.74. The van der Waals surface area contributed by atoms with Crippen LogP contribution in [0.3, 0.4) is 0 Å². The summed E-state index contributed by atoms with van der Waals surface area (Å²) < 4.78 is 12.8. The van der Waals surface area contributed by atoms with Crippen molar-refractivity contribution in [3.8, 4) is 0 Å². The van der Waals surface area contributed by atoms with Crippen molar-refractivity contribution in [1.29, 1.82) is 0 Å². The minimum absolute atomic E-state index is 0.0128. The molecule has 2 N–H and O–H groups in total. The fraction of sp³-hybridized carbons (Fsp3) is 0.357. The first kappa shape index (κ1) is 15.1. The molecule has 0 aromatic heterocycles. The lowest BCUT2D eigenvalue weighted by molar-refractivity contribution is -0.130. The van der Waals surface area contributed by atoms with E-state index in [0.29, 0.717) is 5.56 Å². The summed E-state index contributed by atoms with van der Waals surface area (Å²) in [6, 6.07) is 5.39. The van der Waals surface area contributed by atoms with E-state index >= 15 is 0 Å². The largest absolute Gasteiger partial charge is 0.387 e. The van der Waals surface area contributed by atoms with Gasteiger partial charge in [0.25, 0.3) is 5.91 Å². The molecule has 0 radical (unpaired) electrons. The van der Waals surface area contributed by atoms with Gasteiger partial charge in [0.1, 0.15) is 11.5 Å². The molecule has 1 aromatic carbocycles. The molecule has 0 saturated heterocycles. The lowest BCUT2D eigenvalue weighted by Gasteiger charge is -2.19. The van der Waals surface area contributed by atoms with Crippen LogP contribution in [0.5, 0.6) is 0 Å². The third-order valence-corrected chi connectivity index (χ3v) is 3.18. The first-order chi connectivity index (χ1) is 9.97. The van der Waals surface area contributed by atoms with E-state index in [1.54, 1.807) is 0 Å². The number of aliphatic hydroxyl groups excluding tert-OH is 1. The number of benzene rings is 1. The highest BCUT2D eigenvalue weighted by Gasteiger charge is 2.22. The van der Waals surface area contributed by atoms with Crippen molar-refractivity contribution >= 4 is 17.5 Å². The molecule has 1 aromatic rings. The predicted molar refractivity (Wildman–Crippen MR) is 73.8 cm³/mol. The van der Waals surface area contributed by atoms with Gasteiger partial charge in [-0.2, -0.15) is 5.10 Å². The molecular formula is C14H16FN3O3. The molecule has 21 heavy (non-hydrogen) atoms. The Kier molecular flexibility index (Phi) is 4.64. The fourth-order valence-electron chi connectivity index (χ4n) is 1.93. The van der Waals surface area contributed by atoms with Crippen LogP contribution >= 0.6 is 0 Å². The van der Waals surface area contributed by atoms with Crippen LogP contribution in [0.4, 0.5) is 4.39 Å². The number of halogens is 1. The van der Waals surface area contributed by atoms with Crippen molar-refractivity contribution in [2.75, 3.05) is 13.6 Å². The number of hydrogen-bond acceptors (Lipinski definition) is 4. The molecule has 0 saturated carbocycles. The zero-order chi connectivity index (χ0) is 15.4. The molecule has 0 unspecified atom stereocenters. The maximum atomic E-state index is 12.8. The Morgan fingerprint density at radius 3 is 2.71 bits per heavy atom. The Morgan fingerprint density at radius 2 is 2.10 bits per heavy atom. The van der Waals surface area contributed by atoms with Crippen LogP contribution in [0.25, 0.3) is 0 Å². The number of nitrogens with one attached hydrogen (secondary N) is 1. The van der Waals surface area contributed by atoms with Gasteiger partial charge >= 0.3 is 0 Å². The third kappa shape index (κ3) is 3.85. The number of carbonyl (C=O) groups is 2. The van der Waals surface area contributed by atoms with Gasteiger partial charge in [-0.15, -0.1) is 0 Å². The average Bonchev–Trinajstić information content (AvgIpc) is 2.48. The van der Waals surface area contributed by atoms with E-state index in [-0.39, 0.29) is 36.8 Å². The van der Waals surface area contributed by atoms with Gasteiger partial charge in [0.2, 0.25) is 5.91 Å². The lowest BCUT2D eigenvalue weighted by Crippen LogP contribution is -2.39. The molecule has 0 spiro atoms. The van der Waals surface area contributed by atoms with Crippen molar-refractivity contribution in [2.45, 2.75) is 18.9 Å². The van der Waals surface area contributed by atoms with Crippen molar-refractivity contribution in [3.05, 3.63) is 35.6 Å². The number of hydrogen-bond donors (Lipinski definition) is 2. The first-order valence-corrected chi connectivity index (χ1v) is 6.53. The van der Waals surface area contributed by atoms with Crippen LogP contribution in [0.1, 0.15) is 24.5 Å². The number of aliphatic hydroxyl groups is 1. The second kappa shape index (κ2) is 6.45. The Bertz CT molecular complexity index is 571. The molecule has 1 aliphatic rings. The second-order valence-corrected chi connectivity index (χ2v) is 4.74. The molecule has 1 heterocycles. The van der Waals surface area contributed by atoms with Crippen LogP contribution in [0.2, 0.25) is 0 Å². The number of carbonyl (C=O) groups excluding carboxylic acids is 2. The monoisotopic (exact) mass is 293 g/mol. The van der Waals surface area contributed by atoms with Crippen LogP contribution in [0, 0.1) is 5.82 Å². The third-order valence-electron chi connectivity index (χ3n) is 3.18. The van der Waals surface area contributed by atoms with E-state index in [0.717, 1.165) is 5.01 Å². The average molecular weight is 293 g/mol. The topological polar surface area (TPSA) is 82.0 Å². The summed E-state index contributed by atoms with van der Waals surface area (Å²) in [5.41, 5.74) is 0.762. The van der Waals surface area contributed by atoms with Crippen molar-refractivity contribution in [1.82, 2.24) is 10.3 Å². The van der Waals surface area contributed by atoms with E-state index in [1.807, 2.05) is 0 Å². The van der Waals surface area contributed by atoms with E-state index in [9.17, 15) is 19.1 Å². The van der Waals surface area contributed by atoms with Crippen LogP contribution in [0.15, 0.2) is 29.4 Å². The summed E-state index contributed by atoms with van der Waals surface area (Å²) in [6.45, 7) is -0.0128. The highest BCUT2D eigenvalue weighted by molar-refractivity contribution is 6.39. The van der Waals surface area contributed by atoms with E-state index < -0.39 is 12.0 Å². The van der Waals surface area contributed by atoms with Gasteiger partial charge in [-0.1, -0.05) is 12.1 Å². The fourth-order valence-corrected chi connectivity index (χ4v) is 1.93. The Labute approximate surface area is 121 Å². The molecule has 1 aliphatic heterocycles. The summed E-state index contributed by atoms with van der Waals surface area (Å²) in [4.78, 5) is 23.1. The predicted octanol–water partition coefficient (Wildman–Crippen LogP) is 0.583. The summed E-state index contributed by atoms with van der Waals surface area (Å²) in [5.74, 6) is -0.951. The maximum absolute atomic E-state index is 12.8. The molecule has 6 nitrogen and oxygen atoms in total. The summed E-state index contributed by atoms with van der Waals surface area (Å²) in [6.07, 6.45) is -0.414. The summed E-state index contributed by atoms with van der Waals surface area (Å²) >= 11 is 0. The quantitative estimate of drug-likeness (QED) is 0.852. The molecular weight excluding hydrogens is 277 g/mol. The summed E-state index contributed by atoms with van der Waals surface area (Å²) in [7, 11) is 1.49. The first-order valence-electron chi connectivity index (χ1n) is 6.53. The number of rotatable bonds is 4. The van der Waals surface area contributed by atoms with E-state index in [1.165, 1.54) is 31.3 Å². The SMILES string of the molecule is CN1N=C(C(=O)NC[C@H](O)c2ccc(F)cc2)CCC1=O. The molecule has 2 rings (SSSR count). The van der Waals surface area contributed by atoms with Crippen LogP contribution in [-0.4, -0.2) is 41.2 Å². The lowest BCUT2D eigenvalue weighted by atomic mass is 10.1. The standard InChI is InChI=1S/C14H16FN3O3/c1-18-13(20)7-6-11(17-18)14(21)16-8-12(19)9-2-4-10(15)5-3-9/h2-5,12,19H,6-8H2,1H3,(H,16,21)/t12-/m0/s1. The molecule has 0 bridgehead atoms. The van der Waals surface area contributed by atoms with Gasteiger partial charge in [-0.05, 0) is 17.7 Å². The number of nitrogens with zero attached hydrogens (tertiary/aromatic N) is 2. The number of amides is 2. The minimum Gasteiger partial charge on any atom is -0.387 e. The molecule has 0 fully saturated rings. The smallest absolute Gasteiger partial charge is 0.267 e. The van der Waals surface area contributed by atoms with Gasteiger partial charge in [0.15, 0.2) is 0 Å². The minimum atomic E-state index is -0.932. The van der Waals surface area contributed by atoms with Gasteiger partial charge < -0.3 is 10.4 Å². The zero-order valence-electron chi connectivity index (χ0n) is 11.5. The van der Waals surface area contributed by atoms with E-state index in [2.05, 4.69) is 10.4 Å². The van der Waals surface area contributed by atoms with Gasteiger partial charge in [0.05, 0.1) is 6.10 Å². The van der Waals surface area contributed by atoms with Crippen molar-refractivity contribution in [3.63, 3.8) is 0 Å². The van der Waals surface area contributed by atoms with Crippen LogP contribution in [-0.2, 0) is 9.59 Å². The molecule has 112 valence electrons. The van der Waals surface area contributed by atoms with Gasteiger partial charge in [-0.3, -0.25) is 9.59 Å². The van der Waals surface area contributed by atoms with Crippen LogP contribution < -0.4 is 5.32 Å². The Hall–Kier alpha value is -2.28. The highest BCUT2D eigenvalue weighted by Crippen LogP contribution is 2.13. The Morgan fingerprint density at radius 1 is 1.43 bits per heavy atom. The molecule has 7 heteroatoms. The highest BCUT2D eigenvalue weighted by atomic mass is 19.1. The van der Waals surface area contributed by atoms with Crippen molar-refractivity contribution < 1.29 is 19.1 Å². The molecule has 1 atom stereocenters. The van der Waals surface area contributed by atoms with Crippen molar-refractivity contribution in [2.24, 2.45) is 5.10 Å². The summed E-state index contributed by atoms with van der Waals surface area (Å²) in [5, 5.41) is 17.5. The van der Waals surface area contributed by atoms with E-state index in [4.69, 9.17) is 0 Å². The van der Waals surface area contributed by atoms with Gasteiger partial charge in [0, 0.05) is 26.4 Å². The number of hydrazone groups is 1. The Balaban J connectivity index is 1.90. The van der Waals surface area contributed by atoms with Gasteiger partial charge in [-0.25, -0.2) is 9.40 Å². The zero-order valence-corrected chi connectivity index (χ0v) is 11.5. The maximum Gasteiger partial charge on any atom is 0.267 e. The normalized spacial score (nSPS) is 16.4. The molecule has 2 amide bonds.